The van der Waals surface area contributed by atoms with Crippen LogP contribution < -0.4 is 5.32 Å². The van der Waals surface area contributed by atoms with Crippen molar-refractivity contribution in [3.63, 3.8) is 0 Å². The smallest absolute Gasteiger partial charge is 0.379 e. The molecule has 15 nitrogen and oxygen atoms in total. The van der Waals surface area contributed by atoms with Crippen LogP contribution in [0.5, 0.6) is 0 Å². The number of imidazole rings is 3. The summed E-state index contributed by atoms with van der Waals surface area (Å²) >= 11 is -0.0116. The number of hydrogen-bond donors (Lipinski definition) is 4. The lowest BCUT2D eigenvalue weighted by molar-refractivity contribution is -0.118. The number of carbonyl (C=O) groups is 1. The molecule has 18 rings (SSSR count). The van der Waals surface area contributed by atoms with Crippen LogP contribution in [0.2, 0.25) is 0 Å². The van der Waals surface area contributed by atoms with Crippen molar-refractivity contribution in [3.05, 3.63) is 311 Å². The van der Waals surface area contributed by atoms with Gasteiger partial charge in [0, 0.05) is 62.7 Å². The monoisotopic (exact) mass is 1690 g/mol. The number of hydrogen-bond acceptors (Lipinski definition) is 11. The van der Waals surface area contributed by atoms with Crippen LogP contribution in [0.25, 0.3) is 65.5 Å². The van der Waals surface area contributed by atoms with E-state index in [-0.39, 0.29) is 23.4 Å². The maximum atomic E-state index is 11.0. The predicted octanol–water partition coefficient (Wildman–Crippen LogP) is 25.2. The number of fused-ring (bicyclic) bond motifs is 7. The van der Waals surface area contributed by atoms with Gasteiger partial charge in [-0.25, -0.2) is 23.4 Å². The van der Waals surface area contributed by atoms with E-state index in [1.54, 1.807) is 11.1 Å². The van der Waals surface area contributed by atoms with Gasteiger partial charge in [-0.15, -0.1) is 0 Å². The minimum atomic E-state index is -4.03. The number of ether oxygens (including phenoxy) is 1. The third kappa shape index (κ3) is 35.1. The van der Waals surface area contributed by atoms with Gasteiger partial charge in [-0.2, -0.15) is 13.2 Å². The zero-order chi connectivity index (χ0) is 88.2. The standard InChI is InChI=1S/C15H14N2.C13H14.C12H12.C10H11N.C10H12.C9H10N2.C8H8N2.C8H17NO.C5H7NO.C5H10O2S.C4H9NO.C3H5F3S/c1-12-16-14-9-5-6-10-15(14)17(12)11-13-7-3-2-4-8-13;1-10(2)12-8-7-11-5-3-4-6-13(11)9-12;1-2-10-7-5-8-11-6-3-4-9-12(10)11;1-2-8-7-11-10-6-4-3-5-9(8)10;1-8-6-9-4-2-3-5-10(9)7-8;1-2-9-10-7-5-3-4-6-8(7)11-9;1-6-9-7-4-2-3-5-8(7)10-6;1-2-3-4-9-5-7-10-8-6-9;1-4-3-5(2)7-6-4;1-5-2-3-8(6,7)4-5;1-3-5-4(2)6;1-2-7-3(4,5)6/h2-10H,11H2,1H3;3-10H,1-2H3;3-9H,2H2,1H3;3-7,11H,2H2,1H3;2-5,8H,6-7H2,1H3;3-6H,2H2,1H3,(H,10,11);2-5H,1H3,(H,9,10);2-8H2,1H3;3H,1-2H3;5H,2-4H2,1H3;3H2,1-2H3,(H,5,6);2H2,1H3. The van der Waals surface area contributed by atoms with Crippen molar-refractivity contribution in [2.24, 2.45) is 11.8 Å². The molecule has 1 aliphatic carbocycles. The van der Waals surface area contributed by atoms with Crippen LogP contribution in [0.1, 0.15) is 164 Å². The van der Waals surface area contributed by atoms with E-state index in [9.17, 15) is 26.4 Å². The first kappa shape index (κ1) is 98.5. The molecule has 20 heteroatoms. The average Bonchev–Trinajstić information content (AvgIpc) is 1.65. The first-order valence-corrected chi connectivity index (χ1v) is 45.8. The molecule has 2 saturated heterocycles. The van der Waals surface area contributed by atoms with Gasteiger partial charge in [0.15, 0.2) is 9.84 Å². The van der Waals surface area contributed by atoms with E-state index in [1.807, 2.05) is 101 Å². The molecule has 1 unspecified atom stereocenters. The number of rotatable bonds is 11. The summed E-state index contributed by atoms with van der Waals surface area (Å²) in [4.78, 5) is 35.2. The number of halogens is 3. The summed E-state index contributed by atoms with van der Waals surface area (Å²) in [5, 5.41) is 13.0. The van der Waals surface area contributed by atoms with Gasteiger partial charge in [0.05, 0.1) is 63.5 Å². The number of aryl methyl sites for hydroxylation is 7. The number of aromatic nitrogens is 8. The Morgan fingerprint density at radius 1 is 0.590 bits per heavy atom. The first-order chi connectivity index (χ1) is 58.7. The summed E-state index contributed by atoms with van der Waals surface area (Å²) in [6, 6.07) is 84.1. The molecule has 4 N–H and O–H groups in total. The molecule has 650 valence electrons. The van der Waals surface area contributed by atoms with Crippen molar-refractivity contribution in [2.45, 2.75) is 173 Å². The van der Waals surface area contributed by atoms with E-state index in [4.69, 9.17) is 9.26 Å². The van der Waals surface area contributed by atoms with E-state index in [2.05, 4.69) is 287 Å². The second-order valence-corrected chi connectivity index (χ2v) is 34.3. The number of carbonyl (C=O) groups excluding carboxylic acids is 1. The third-order valence-corrected chi connectivity index (χ3v) is 22.7. The van der Waals surface area contributed by atoms with Crippen LogP contribution >= 0.6 is 11.8 Å². The number of amides is 1. The Labute approximate surface area is 726 Å². The number of sulfone groups is 1. The molecule has 2 fully saturated rings. The molecule has 1 amide bonds. The number of nitrogens with one attached hydrogen (secondary N) is 4. The van der Waals surface area contributed by atoms with Crippen molar-refractivity contribution < 1.29 is 35.6 Å². The van der Waals surface area contributed by atoms with E-state index in [0.717, 1.165) is 128 Å². The number of unbranched alkanes of at least 4 members (excludes halogenated alkanes) is 1. The highest BCUT2D eigenvalue weighted by Gasteiger charge is 2.26. The van der Waals surface area contributed by atoms with Crippen LogP contribution in [-0.2, 0) is 58.0 Å². The molecule has 0 spiro atoms. The van der Waals surface area contributed by atoms with Crippen LogP contribution in [0.3, 0.4) is 0 Å². The maximum Gasteiger partial charge on any atom is 0.441 e. The summed E-state index contributed by atoms with van der Waals surface area (Å²) in [5.74, 6) is 6.82. The normalized spacial score (nSPS) is 13.6. The Hall–Kier alpha value is -10.6. The molecule has 3 aliphatic rings. The highest BCUT2D eigenvalue weighted by atomic mass is 32.2. The molecule has 122 heavy (non-hydrogen) atoms. The number of para-hydroxylation sites is 7. The molecule has 15 aromatic rings. The Balaban J connectivity index is 0.000000185. The summed E-state index contributed by atoms with van der Waals surface area (Å²) in [5.41, 5.74) is 13.5. The highest BCUT2D eigenvalue weighted by Crippen LogP contribution is 2.30. The molecule has 1 atom stereocenters. The van der Waals surface area contributed by atoms with Crippen molar-refractivity contribution in [2.75, 3.05) is 56.7 Å². The van der Waals surface area contributed by atoms with E-state index in [0.29, 0.717) is 23.3 Å². The fourth-order valence-electron chi connectivity index (χ4n) is 13.9. The average molecular weight is 1700 g/mol. The van der Waals surface area contributed by atoms with Gasteiger partial charge in [0.2, 0.25) is 5.91 Å². The molecule has 10 aromatic carbocycles. The molecule has 0 bridgehead atoms. The molecule has 7 heterocycles. The quantitative estimate of drug-likeness (QED) is 0.0963. The molecule has 2 aliphatic heterocycles. The topological polar surface area (TPSA) is 193 Å². The number of thioether (sulfide) groups is 1. The van der Waals surface area contributed by atoms with Crippen molar-refractivity contribution in [1.82, 2.24) is 49.8 Å². The lowest BCUT2D eigenvalue weighted by Gasteiger charge is -2.26. The minimum absolute atomic E-state index is 0.0116. The van der Waals surface area contributed by atoms with Gasteiger partial charge in [0.1, 0.15) is 23.2 Å². The Morgan fingerprint density at radius 3 is 1.67 bits per heavy atom. The van der Waals surface area contributed by atoms with Crippen molar-refractivity contribution in [1.29, 1.82) is 0 Å². The van der Waals surface area contributed by atoms with Crippen LogP contribution in [0.4, 0.5) is 13.2 Å². The highest BCUT2D eigenvalue weighted by molar-refractivity contribution is 8.00. The lowest BCUT2D eigenvalue weighted by Crippen LogP contribution is -2.36. The van der Waals surface area contributed by atoms with Crippen molar-refractivity contribution in [3.8, 4) is 0 Å². The summed E-state index contributed by atoms with van der Waals surface area (Å²) < 4.78 is 66.5. The summed E-state index contributed by atoms with van der Waals surface area (Å²) in [6.07, 6.45) is 11.3. The minimum Gasteiger partial charge on any atom is -0.379 e. The Kier molecular flexibility index (Phi) is 42.5. The number of aromatic amines is 3. The molecule has 0 radical (unpaired) electrons. The number of alkyl halides is 3. The maximum absolute atomic E-state index is 11.0. The number of morpholine rings is 1. The Bertz CT molecular complexity index is 5490. The van der Waals surface area contributed by atoms with E-state index in [1.165, 1.54) is 106 Å². The number of nitrogens with zero attached hydrogens (tertiary/aromatic N) is 6. The van der Waals surface area contributed by atoms with Gasteiger partial charge in [-0.3, -0.25) is 9.69 Å². The molecule has 0 saturated carbocycles. The fourth-order valence-corrected chi connectivity index (χ4v) is 16.2. The first-order valence-electron chi connectivity index (χ1n) is 43.0. The van der Waals surface area contributed by atoms with Gasteiger partial charge in [-0.1, -0.05) is 280 Å². The molecular formula is C102H129F3N10O5S2. The zero-order valence-corrected chi connectivity index (χ0v) is 75.9. The largest absolute Gasteiger partial charge is 0.441 e. The van der Waals surface area contributed by atoms with Crippen molar-refractivity contribution >= 4 is 93.1 Å². The predicted molar refractivity (Wildman–Crippen MR) is 507 cm³/mol. The third-order valence-electron chi connectivity index (χ3n) is 20.2. The SMILES string of the molecule is CC(C)c1ccc2ccccc2c1.CC1CCS(=O)(=O)C1.CC1Cc2ccccc2C1.CCCCN1CCOCC1.CCNC(C)=O.CCSC(F)(F)F.CCc1c[nH]c2ccccc12.CCc1cccc2ccccc12.CCc1nc2ccccc2[nH]1.Cc1cc(C)on1.Cc1nc2ccccc2[nH]1.Cc1nc2ccccc2n1Cc1ccccc1. The van der Waals surface area contributed by atoms with Crippen LogP contribution in [0, 0.1) is 39.5 Å². The van der Waals surface area contributed by atoms with Gasteiger partial charge >= 0.3 is 5.51 Å². The second kappa shape index (κ2) is 52.6. The van der Waals surface area contributed by atoms with Crippen LogP contribution in [-0.4, -0.2) is 121 Å². The summed E-state index contributed by atoms with van der Waals surface area (Å²) in [7, 11) is -2.60. The Morgan fingerprint density at radius 2 is 1.16 bits per heavy atom. The number of H-pyrrole nitrogens is 3. The van der Waals surface area contributed by atoms with Crippen LogP contribution in [0.15, 0.2) is 253 Å². The zero-order valence-electron chi connectivity index (χ0n) is 74.3. The second-order valence-electron chi connectivity index (χ2n) is 30.7. The summed E-state index contributed by atoms with van der Waals surface area (Å²) in [6.45, 7) is 37.1. The van der Waals surface area contributed by atoms with Gasteiger partial charge in [0.25, 0.3) is 0 Å². The molecular weight excluding hydrogens is 1570 g/mol. The van der Waals surface area contributed by atoms with E-state index < -0.39 is 15.3 Å². The van der Waals surface area contributed by atoms with Gasteiger partial charge < -0.3 is 34.1 Å². The number of benzene rings is 10. The van der Waals surface area contributed by atoms with E-state index >= 15 is 0 Å². The molecule has 5 aromatic heterocycles. The van der Waals surface area contributed by atoms with Gasteiger partial charge in [-0.05, 0) is 201 Å². The lowest BCUT2D eigenvalue weighted by atomic mass is 9.99. The fraction of sp³-hybridized carbons (Fsp3) is 0.363.